The van der Waals surface area contributed by atoms with Gasteiger partial charge in [-0.1, -0.05) is 56.3 Å². The Kier molecular flexibility index (Phi) is 7.15. The minimum Gasteiger partial charge on any atom is -0.444 e. The average molecular weight is 396 g/mol. The molecule has 0 aliphatic heterocycles. The summed E-state index contributed by atoms with van der Waals surface area (Å²) < 4.78 is 5.20. The highest BCUT2D eigenvalue weighted by Gasteiger charge is 2.28. The number of rotatable bonds is 5. The summed E-state index contributed by atoms with van der Waals surface area (Å²) in [7, 11) is 0. The number of hydrogen-bond donors (Lipinski definition) is 2. The Morgan fingerprint density at radius 2 is 1.41 bits per heavy atom. The number of alkyl carbamates (subject to hydrolysis) is 1. The van der Waals surface area contributed by atoms with Crippen LogP contribution in [-0.4, -0.2) is 29.6 Å². The zero-order chi connectivity index (χ0) is 21.6. The predicted octanol–water partition coefficient (Wildman–Crippen LogP) is 4.16. The molecule has 6 nitrogen and oxygen atoms in total. The number of nitrogens with one attached hydrogen (secondary N) is 2. The minimum absolute atomic E-state index is 0.226. The van der Waals surface area contributed by atoms with E-state index in [-0.39, 0.29) is 5.92 Å². The Morgan fingerprint density at radius 1 is 0.862 bits per heavy atom. The molecule has 2 rings (SSSR count). The van der Waals surface area contributed by atoms with Crippen LogP contribution in [0.1, 0.15) is 45.0 Å². The van der Waals surface area contributed by atoms with E-state index < -0.39 is 29.6 Å². The lowest BCUT2D eigenvalue weighted by molar-refractivity contribution is -0.123. The smallest absolute Gasteiger partial charge is 0.408 e. The van der Waals surface area contributed by atoms with Crippen LogP contribution < -0.4 is 10.6 Å². The van der Waals surface area contributed by atoms with Crippen molar-refractivity contribution >= 4 is 17.9 Å². The van der Waals surface area contributed by atoms with Crippen LogP contribution in [0, 0.1) is 5.92 Å². The summed E-state index contributed by atoms with van der Waals surface area (Å²) in [6.45, 7) is 8.76. The molecule has 3 amide bonds. The molecule has 1 atom stereocenters. The fourth-order valence-electron chi connectivity index (χ4n) is 2.68. The van der Waals surface area contributed by atoms with E-state index in [4.69, 9.17) is 4.74 Å². The van der Waals surface area contributed by atoms with Crippen molar-refractivity contribution in [2.75, 3.05) is 0 Å². The van der Waals surface area contributed by atoms with Crippen LogP contribution in [0.5, 0.6) is 0 Å². The molecule has 0 saturated carbocycles. The third-order valence-corrected chi connectivity index (χ3v) is 4.11. The number of carbonyl (C=O) groups is 3. The van der Waals surface area contributed by atoms with Gasteiger partial charge in [0.25, 0.3) is 5.91 Å². The lowest BCUT2D eigenvalue weighted by Gasteiger charge is -2.25. The highest BCUT2D eigenvalue weighted by Crippen LogP contribution is 2.19. The summed E-state index contributed by atoms with van der Waals surface area (Å²) in [6, 6.07) is 15.9. The summed E-state index contributed by atoms with van der Waals surface area (Å²) in [4.78, 5) is 37.0. The predicted molar refractivity (Wildman–Crippen MR) is 112 cm³/mol. The highest BCUT2D eigenvalue weighted by atomic mass is 16.6. The molecule has 2 aromatic carbocycles. The van der Waals surface area contributed by atoms with Crippen molar-refractivity contribution in [2.45, 2.75) is 46.3 Å². The lowest BCUT2D eigenvalue weighted by Crippen LogP contribution is -2.52. The molecule has 2 N–H and O–H groups in total. The van der Waals surface area contributed by atoms with Gasteiger partial charge in [0.05, 0.1) is 0 Å². The van der Waals surface area contributed by atoms with Gasteiger partial charge in [0.2, 0.25) is 5.91 Å². The molecule has 0 unspecified atom stereocenters. The zero-order valence-corrected chi connectivity index (χ0v) is 17.5. The van der Waals surface area contributed by atoms with Gasteiger partial charge in [-0.2, -0.15) is 0 Å². The van der Waals surface area contributed by atoms with E-state index in [0.29, 0.717) is 5.56 Å². The van der Waals surface area contributed by atoms with Crippen LogP contribution in [0.25, 0.3) is 11.1 Å². The number of imide groups is 1. The van der Waals surface area contributed by atoms with Crippen molar-refractivity contribution in [2.24, 2.45) is 5.92 Å². The van der Waals surface area contributed by atoms with Gasteiger partial charge in [-0.3, -0.25) is 14.9 Å². The molecule has 0 aliphatic carbocycles. The first-order chi connectivity index (χ1) is 13.6. The van der Waals surface area contributed by atoms with E-state index in [9.17, 15) is 14.4 Å². The second-order valence-corrected chi connectivity index (χ2v) is 8.13. The Bertz CT molecular complexity index is 853. The summed E-state index contributed by atoms with van der Waals surface area (Å²) in [6.07, 6.45) is -0.703. The van der Waals surface area contributed by atoms with E-state index in [1.165, 1.54) is 0 Å². The minimum atomic E-state index is -0.891. The van der Waals surface area contributed by atoms with Gasteiger partial charge in [-0.25, -0.2) is 4.79 Å². The second-order valence-electron chi connectivity index (χ2n) is 8.13. The summed E-state index contributed by atoms with van der Waals surface area (Å²) in [5.41, 5.74) is 1.69. The molecule has 0 heterocycles. The van der Waals surface area contributed by atoms with Crippen molar-refractivity contribution in [3.05, 3.63) is 60.2 Å². The number of carbonyl (C=O) groups excluding carboxylic acids is 3. The van der Waals surface area contributed by atoms with Gasteiger partial charge in [-0.05, 0) is 49.9 Å². The Hall–Kier alpha value is -3.15. The molecule has 0 saturated heterocycles. The van der Waals surface area contributed by atoms with Crippen LogP contribution >= 0.6 is 0 Å². The quantitative estimate of drug-likeness (QED) is 0.795. The van der Waals surface area contributed by atoms with Crippen LogP contribution in [0.2, 0.25) is 0 Å². The fraction of sp³-hybridized carbons (Fsp3) is 0.348. The molecule has 0 bridgehead atoms. The first kappa shape index (κ1) is 22.1. The number of benzene rings is 2. The topological polar surface area (TPSA) is 84.5 Å². The fourth-order valence-corrected chi connectivity index (χ4v) is 2.68. The average Bonchev–Trinajstić information content (AvgIpc) is 2.65. The maximum absolute atomic E-state index is 12.6. The molecule has 0 radical (unpaired) electrons. The Morgan fingerprint density at radius 3 is 1.93 bits per heavy atom. The number of amides is 3. The van der Waals surface area contributed by atoms with Gasteiger partial charge >= 0.3 is 6.09 Å². The number of ether oxygens (including phenoxy) is 1. The van der Waals surface area contributed by atoms with Crippen LogP contribution in [-0.2, 0) is 9.53 Å². The van der Waals surface area contributed by atoms with E-state index in [2.05, 4.69) is 10.6 Å². The molecule has 154 valence electrons. The van der Waals surface area contributed by atoms with Crippen molar-refractivity contribution in [1.29, 1.82) is 0 Å². The molecule has 29 heavy (non-hydrogen) atoms. The third-order valence-electron chi connectivity index (χ3n) is 4.11. The van der Waals surface area contributed by atoms with Crippen molar-refractivity contribution in [1.82, 2.24) is 10.6 Å². The molecule has 0 spiro atoms. The standard InChI is InChI=1S/C23H28N2O4/c1-15(2)19(24-22(28)29-23(3,4)5)21(27)25-20(26)18-13-11-17(12-14-18)16-9-7-6-8-10-16/h6-15,19H,1-5H3,(H,24,28)(H,25,26,27)/t19-/m0/s1. The number of hydrogen-bond acceptors (Lipinski definition) is 4. The van der Waals surface area contributed by atoms with Gasteiger partial charge < -0.3 is 10.1 Å². The molecular weight excluding hydrogens is 368 g/mol. The molecular formula is C23H28N2O4. The largest absolute Gasteiger partial charge is 0.444 e. The second kappa shape index (κ2) is 9.37. The van der Waals surface area contributed by atoms with E-state index in [1.807, 2.05) is 42.5 Å². The maximum atomic E-state index is 12.6. The zero-order valence-electron chi connectivity index (χ0n) is 17.5. The molecule has 2 aromatic rings. The van der Waals surface area contributed by atoms with Gasteiger partial charge in [0.1, 0.15) is 11.6 Å². The first-order valence-electron chi connectivity index (χ1n) is 9.57. The molecule has 0 aliphatic rings. The van der Waals surface area contributed by atoms with E-state index >= 15 is 0 Å². The summed E-state index contributed by atoms with van der Waals surface area (Å²) in [5, 5.41) is 4.89. The maximum Gasteiger partial charge on any atom is 0.408 e. The summed E-state index contributed by atoms with van der Waals surface area (Å²) >= 11 is 0. The van der Waals surface area contributed by atoms with Gasteiger partial charge in [0, 0.05) is 5.56 Å². The van der Waals surface area contributed by atoms with Crippen molar-refractivity contribution in [3.8, 4) is 11.1 Å². The Balaban J connectivity index is 2.03. The first-order valence-corrected chi connectivity index (χ1v) is 9.57. The SMILES string of the molecule is CC(C)[C@H](NC(=O)OC(C)(C)C)C(=O)NC(=O)c1ccc(-c2ccccc2)cc1. The van der Waals surface area contributed by atoms with Crippen molar-refractivity contribution in [3.63, 3.8) is 0 Å². The van der Waals surface area contributed by atoms with E-state index in [0.717, 1.165) is 11.1 Å². The van der Waals surface area contributed by atoms with Crippen LogP contribution in [0.3, 0.4) is 0 Å². The van der Waals surface area contributed by atoms with Gasteiger partial charge in [0.15, 0.2) is 0 Å². The van der Waals surface area contributed by atoms with E-state index in [1.54, 1.807) is 46.8 Å². The Labute approximate surface area is 171 Å². The van der Waals surface area contributed by atoms with Crippen LogP contribution in [0.4, 0.5) is 4.79 Å². The normalized spacial score (nSPS) is 12.2. The third kappa shape index (κ3) is 6.75. The van der Waals surface area contributed by atoms with Crippen molar-refractivity contribution < 1.29 is 19.1 Å². The van der Waals surface area contributed by atoms with Crippen LogP contribution in [0.15, 0.2) is 54.6 Å². The highest BCUT2D eigenvalue weighted by molar-refractivity contribution is 6.06. The van der Waals surface area contributed by atoms with Gasteiger partial charge in [-0.15, -0.1) is 0 Å². The molecule has 6 heteroatoms. The summed E-state index contributed by atoms with van der Waals surface area (Å²) in [5.74, 6) is -1.33. The molecule has 0 aromatic heterocycles. The monoisotopic (exact) mass is 396 g/mol. The lowest BCUT2D eigenvalue weighted by atomic mass is 10.0. The molecule has 0 fully saturated rings.